The fraction of sp³-hybridized carbons (Fsp3) is 1.00. The van der Waals surface area contributed by atoms with E-state index in [1.165, 1.54) is 83.5 Å². The minimum absolute atomic E-state index is 0. The van der Waals surface area contributed by atoms with Crippen LogP contribution in [0.4, 0.5) is 0 Å². The average molecular weight is 320 g/mol. The van der Waals surface area contributed by atoms with Gasteiger partial charge < -0.3 is 16.9 Å². The highest BCUT2D eigenvalue weighted by Crippen LogP contribution is 2.18. The van der Waals surface area contributed by atoms with Gasteiger partial charge in [0.25, 0.3) is 0 Å². The van der Waals surface area contributed by atoms with Crippen LogP contribution in [0.1, 0.15) is 97.3 Å². The molecular weight excluding hydrogens is 278 g/mol. The van der Waals surface area contributed by atoms with Gasteiger partial charge in [-0.25, -0.2) is 0 Å². The lowest BCUT2D eigenvalue weighted by Gasteiger charge is -2.34. The van der Waals surface area contributed by atoms with Crippen molar-refractivity contribution in [2.75, 3.05) is 21.1 Å². The number of nitrogens with zero attached hydrogens (tertiary/aromatic N) is 1. The van der Waals surface area contributed by atoms with Crippen LogP contribution >= 0.6 is 0 Å². The van der Waals surface area contributed by atoms with Gasteiger partial charge in [0.2, 0.25) is 0 Å². The van der Waals surface area contributed by atoms with Crippen molar-refractivity contribution >= 4 is 0 Å². The van der Waals surface area contributed by atoms with Gasteiger partial charge in [0.15, 0.2) is 0 Å². The first-order valence-corrected chi connectivity index (χ1v) is 9.33. The predicted molar refractivity (Wildman–Crippen MR) is 93.2 cm³/mol. The topological polar surface area (TPSA) is 0 Å². The Labute approximate surface area is 141 Å². The summed E-state index contributed by atoms with van der Waals surface area (Å²) < 4.78 is 1.14. The standard InChI is InChI=1S/C19H42N.ClH/c1-6-8-9-10-11-12-13-14-15-16-18-19(17-7-2)20(3,4)5;/h19H,6-18H2,1-5H3;1H/q+1;/p-1. The van der Waals surface area contributed by atoms with Crippen molar-refractivity contribution in [3.8, 4) is 0 Å². The molecule has 0 bridgehead atoms. The summed E-state index contributed by atoms with van der Waals surface area (Å²) in [5, 5.41) is 0. The molecule has 0 aliphatic carbocycles. The Morgan fingerprint density at radius 2 is 1.00 bits per heavy atom. The van der Waals surface area contributed by atoms with E-state index in [0.717, 1.165) is 10.5 Å². The number of hydrogen-bond donors (Lipinski definition) is 0. The van der Waals surface area contributed by atoms with Crippen LogP contribution < -0.4 is 12.4 Å². The van der Waals surface area contributed by atoms with Crippen LogP contribution in [0.15, 0.2) is 0 Å². The highest BCUT2D eigenvalue weighted by Gasteiger charge is 2.21. The number of hydrogen-bond acceptors (Lipinski definition) is 0. The molecule has 1 nitrogen and oxygen atoms in total. The molecule has 0 aromatic carbocycles. The van der Waals surface area contributed by atoms with Crippen molar-refractivity contribution in [3.05, 3.63) is 0 Å². The van der Waals surface area contributed by atoms with Gasteiger partial charge in [0.1, 0.15) is 0 Å². The molecule has 1 unspecified atom stereocenters. The first-order valence-electron chi connectivity index (χ1n) is 9.33. The monoisotopic (exact) mass is 319 g/mol. The van der Waals surface area contributed by atoms with Crippen molar-refractivity contribution in [2.24, 2.45) is 0 Å². The van der Waals surface area contributed by atoms with Crippen molar-refractivity contribution in [2.45, 2.75) is 103 Å². The lowest BCUT2D eigenvalue weighted by atomic mass is 10.00. The summed E-state index contributed by atoms with van der Waals surface area (Å²) in [6.07, 6.45) is 18.6. The minimum atomic E-state index is 0. The molecule has 0 saturated heterocycles. The molecule has 0 spiro atoms. The maximum Gasteiger partial charge on any atom is 0.0884 e. The summed E-state index contributed by atoms with van der Waals surface area (Å²) in [5.41, 5.74) is 0. The van der Waals surface area contributed by atoms with E-state index >= 15 is 0 Å². The lowest BCUT2D eigenvalue weighted by Crippen LogP contribution is -3.00. The molecular formula is C19H42ClN. The number of unbranched alkanes of at least 4 members (excludes halogenated alkanes) is 9. The molecule has 0 heterocycles. The minimum Gasteiger partial charge on any atom is -1.00 e. The molecule has 1 atom stereocenters. The van der Waals surface area contributed by atoms with E-state index in [0.29, 0.717) is 0 Å². The molecule has 0 aromatic rings. The van der Waals surface area contributed by atoms with Gasteiger partial charge in [0, 0.05) is 0 Å². The first kappa shape index (κ1) is 23.5. The number of halogens is 1. The molecule has 0 aliphatic heterocycles. The molecule has 0 rings (SSSR count). The van der Waals surface area contributed by atoms with Crippen molar-refractivity contribution in [1.29, 1.82) is 0 Å². The second kappa shape index (κ2) is 15.2. The van der Waals surface area contributed by atoms with Gasteiger partial charge in [-0.2, -0.15) is 0 Å². The van der Waals surface area contributed by atoms with Gasteiger partial charge in [-0.05, 0) is 19.3 Å². The smallest absolute Gasteiger partial charge is 0.0884 e. The van der Waals surface area contributed by atoms with Crippen LogP contribution in [0.5, 0.6) is 0 Å². The Kier molecular flexibility index (Phi) is 17.0. The van der Waals surface area contributed by atoms with Crippen LogP contribution in [0, 0.1) is 0 Å². The van der Waals surface area contributed by atoms with E-state index in [4.69, 9.17) is 0 Å². The Bertz CT molecular complexity index is 198. The molecule has 0 fully saturated rings. The average Bonchev–Trinajstić information content (AvgIpc) is 2.38. The third-order valence-corrected chi connectivity index (χ3v) is 4.61. The maximum atomic E-state index is 2.36. The number of quaternary nitrogens is 1. The van der Waals surface area contributed by atoms with Crippen LogP contribution in [0.3, 0.4) is 0 Å². The Morgan fingerprint density at radius 3 is 1.38 bits per heavy atom. The van der Waals surface area contributed by atoms with E-state index in [9.17, 15) is 0 Å². The van der Waals surface area contributed by atoms with Crippen LogP contribution in [-0.2, 0) is 0 Å². The molecule has 0 aliphatic rings. The van der Waals surface area contributed by atoms with E-state index in [1.807, 2.05) is 0 Å². The Balaban J connectivity index is 0. The second-order valence-corrected chi connectivity index (χ2v) is 7.53. The summed E-state index contributed by atoms with van der Waals surface area (Å²) in [6, 6.07) is 0.869. The SMILES string of the molecule is CCCCCCCCCCCCC(CCC)[N+](C)(C)C.[Cl-]. The van der Waals surface area contributed by atoms with Crippen LogP contribution in [0.2, 0.25) is 0 Å². The molecule has 0 saturated carbocycles. The third-order valence-electron chi connectivity index (χ3n) is 4.61. The van der Waals surface area contributed by atoms with Crippen LogP contribution in [-0.4, -0.2) is 31.7 Å². The first-order chi connectivity index (χ1) is 9.52. The molecule has 0 aromatic heterocycles. The van der Waals surface area contributed by atoms with Crippen molar-refractivity contribution in [3.63, 3.8) is 0 Å². The van der Waals surface area contributed by atoms with Crippen LogP contribution in [0.25, 0.3) is 0 Å². The Morgan fingerprint density at radius 1 is 0.571 bits per heavy atom. The summed E-state index contributed by atoms with van der Waals surface area (Å²) in [7, 11) is 7.07. The molecule has 130 valence electrons. The van der Waals surface area contributed by atoms with E-state index in [1.54, 1.807) is 0 Å². The summed E-state index contributed by atoms with van der Waals surface area (Å²) in [5.74, 6) is 0. The lowest BCUT2D eigenvalue weighted by molar-refractivity contribution is -0.896. The highest BCUT2D eigenvalue weighted by molar-refractivity contribution is 4.58. The quantitative estimate of drug-likeness (QED) is 0.341. The van der Waals surface area contributed by atoms with Crippen molar-refractivity contribution in [1.82, 2.24) is 0 Å². The molecule has 0 radical (unpaired) electrons. The van der Waals surface area contributed by atoms with Gasteiger partial charge in [0.05, 0.1) is 27.2 Å². The summed E-state index contributed by atoms with van der Waals surface area (Å²) in [4.78, 5) is 0. The second-order valence-electron chi connectivity index (χ2n) is 7.53. The fourth-order valence-corrected chi connectivity index (χ4v) is 3.12. The zero-order valence-corrected chi connectivity index (χ0v) is 16.4. The Hall–Kier alpha value is 0.250. The largest absolute Gasteiger partial charge is 1.00 e. The normalized spacial score (nSPS) is 13.0. The number of rotatable bonds is 14. The summed E-state index contributed by atoms with van der Waals surface area (Å²) in [6.45, 7) is 4.61. The van der Waals surface area contributed by atoms with Gasteiger partial charge in [-0.1, -0.05) is 78.1 Å². The summed E-state index contributed by atoms with van der Waals surface area (Å²) >= 11 is 0. The molecule has 21 heavy (non-hydrogen) atoms. The third kappa shape index (κ3) is 14.9. The molecule has 0 N–H and O–H groups in total. The van der Waals surface area contributed by atoms with Gasteiger partial charge in [-0.15, -0.1) is 0 Å². The molecule has 2 heteroatoms. The highest BCUT2D eigenvalue weighted by atomic mass is 35.5. The molecule has 0 amide bonds. The zero-order valence-electron chi connectivity index (χ0n) is 15.6. The zero-order chi connectivity index (χ0) is 15.3. The maximum absolute atomic E-state index is 2.36. The van der Waals surface area contributed by atoms with Gasteiger partial charge in [-0.3, -0.25) is 0 Å². The van der Waals surface area contributed by atoms with E-state index in [-0.39, 0.29) is 12.4 Å². The predicted octanol–water partition coefficient (Wildman–Crippen LogP) is 3.18. The van der Waals surface area contributed by atoms with Crippen molar-refractivity contribution < 1.29 is 16.9 Å². The van der Waals surface area contributed by atoms with Gasteiger partial charge >= 0.3 is 0 Å². The van der Waals surface area contributed by atoms with E-state index < -0.39 is 0 Å². The fourth-order valence-electron chi connectivity index (χ4n) is 3.12. The van der Waals surface area contributed by atoms with E-state index in [2.05, 4.69) is 35.0 Å².